The SMILES string of the molecule is CCCCOC=C(C)c1ccc(C(C)=COC(C)COC)cc1. The van der Waals surface area contributed by atoms with Gasteiger partial charge in [0.05, 0.1) is 25.7 Å². The number of hydrogen-bond acceptors (Lipinski definition) is 3. The van der Waals surface area contributed by atoms with Gasteiger partial charge in [-0.05, 0) is 49.5 Å². The van der Waals surface area contributed by atoms with E-state index >= 15 is 0 Å². The van der Waals surface area contributed by atoms with E-state index in [0.29, 0.717) is 6.61 Å². The molecule has 0 spiro atoms. The first-order valence-electron chi connectivity index (χ1n) is 8.28. The molecule has 1 atom stereocenters. The largest absolute Gasteiger partial charge is 0.501 e. The Bertz CT molecular complexity index is 500. The van der Waals surface area contributed by atoms with Gasteiger partial charge in [0, 0.05) is 7.11 Å². The normalized spacial score (nSPS) is 13.8. The molecule has 0 saturated carbocycles. The van der Waals surface area contributed by atoms with Gasteiger partial charge in [-0.25, -0.2) is 0 Å². The molecule has 128 valence electrons. The van der Waals surface area contributed by atoms with Crippen LogP contribution in [0.4, 0.5) is 0 Å². The maximum Gasteiger partial charge on any atom is 0.118 e. The monoisotopic (exact) mass is 318 g/mol. The van der Waals surface area contributed by atoms with Gasteiger partial charge in [0.1, 0.15) is 6.10 Å². The van der Waals surface area contributed by atoms with Gasteiger partial charge in [-0.15, -0.1) is 0 Å². The Morgan fingerprint density at radius 1 is 1.04 bits per heavy atom. The number of methoxy groups -OCH3 is 1. The number of hydrogen-bond donors (Lipinski definition) is 0. The van der Waals surface area contributed by atoms with Gasteiger partial charge in [0.25, 0.3) is 0 Å². The minimum atomic E-state index is 0.0553. The second-order valence-corrected chi connectivity index (χ2v) is 5.81. The number of allylic oxidation sites excluding steroid dienone is 2. The Labute approximate surface area is 141 Å². The van der Waals surface area contributed by atoms with Crippen molar-refractivity contribution < 1.29 is 14.2 Å². The molecule has 23 heavy (non-hydrogen) atoms. The van der Waals surface area contributed by atoms with E-state index in [9.17, 15) is 0 Å². The summed E-state index contributed by atoms with van der Waals surface area (Å²) in [5.74, 6) is 0. The Morgan fingerprint density at radius 3 is 2.13 bits per heavy atom. The third-order valence-corrected chi connectivity index (χ3v) is 3.55. The summed E-state index contributed by atoms with van der Waals surface area (Å²) in [5, 5.41) is 0. The fraction of sp³-hybridized carbons (Fsp3) is 0.500. The molecule has 0 aliphatic rings. The molecule has 1 aromatic rings. The molecule has 0 aromatic heterocycles. The van der Waals surface area contributed by atoms with Crippen LogP contribution in [0.15, 0.2) is 36.8 Å². The van der Waals surface area contributed by atoms with Crippen LogP contribution in [0.5, 0.6) is 0 Å². The first kappa shape index (κ1) is 19.3. The van der Waals surface area contributed by atoms with E-state index in [1.54, 1.807) is 13.4 Å². The molecular weight excluding hydrogens is 288 g/mol. The van der Waals surface area contributed by atoms with Crippen LogP contribution in [0.2, 0.25) is 0 Å². The summed E-state index contributed by atoms with van der Waals surface area (Å²) in [6, 6.07) is 8.43. The molecule has 0 heterocycles. The van der Waals surface area contributed by atoms with E-state index in [1.165, 1.54) is 5.56 Å². The number of rotatable bonds is 10. The van der Waals surface area contributed by atoms with Crippen molar-refractivity contribution in [2.45, 2.75) is 46.6 Å². The second kappa shape index (κ2) is 10.9. The van der Waals surface area contributed by atoms with Crippen LogP contribution >= 0.6 is 0 Å². The maximum atomic E-state index is 5.63. The Morgan fingerprint density at radius 2 is 1.61 bits per heavy atom. The van der Waals surface area contributed by atoms with Crippen molar-refractivity contribution in [1.29, 1.82) is 0 Å². The minimum absolute atomic E-state index is 0.0553. The molecule has 0 aliphatic heterocycles. The summed E-state index contributed by atoms with van der Waals surface area (Å²) in [5.41, 5.74) is 4.56. The average Bonchev–Trinajstić information content (AvgIpc) is 2.57. The molecule has 0 amide bonds. The van der Waals surface area contributed by atoms with Crippen LogP contribution in [0.3, 0.4) is 0 Å². The maximum absolute atomic E-state index is 5.63. The lowest BCUT2D eigenvalue weighted by Gasteiger charge is -2.11. The Balaban J connectivity index is 2.63. The lowest BCUT2D eigenvalue weighted by molar-refractivity contribution is 0.0638. The topological polar surface area (TPSA) is 27.7 Å². The van der Waals surface area contributed by atoms with E-state index in [4.69, 9.17) is 14.2 Å². The summed E-state index contributed by atoms with van der Waals surface area (Å²) in [6.45, 7) is 9.64. The summed E-state index contributed by atoms with van der Waals surface area (Å²) < 4.78 is 16.2. The summed E-state index contributed by atoms with van der Waals surface area (Å²) in [4.78, 5) is 0. The predicted octanol–water partition coefficient (Wildman–Crippen LogP) is 5.28. The van der Waals surface area contributed by atoms with Crippen LogP contribution in [0.25, 0.3) is 11.1 Å². The molecule has 3 nitrogen and oxygen atoms in total. The average molecular weight is 318 g/mol. The van der Waals surface area contributed by atoms with Crippen LogP contribution in [-0.2, 0) is 14.2 Å². The Hall–Kier alpha value is -1.74. The highest BCUT2D eigenvalue weighted by atomic mass is 16.5. The van der Waals surface area contributed by atoms with E-state index in [0.717, 1.165) is 36.2 Å². The first-order valence-corrected chi connectivity index (χ1v) is 8.28. The van der Waals surface area contributed by atoms with E-state index < -0.39 is 0 Å². The third-order valence-electron chi connectivity index (χ3n) is 3.55. The highest BCUT2D eigenvalue weighted by molar-refractivity contribution is 5.68. The zero-order chi connectivity index (χ0) is 17.1. The third kappa shape index (κ3) is 7.38. The van der Waals surface area contributed by atoms with Crippen LogP contribution in [-0.4, -0.2) is 26.4 Å². The molecule has 1 rings (SSSR count). The van der Waals surface area contributed by atoms with E-state index in [-0.39, 0.29) is 6.10 Å². The van der Waals surface area contributed by atoms with Gasteiger partial charge >= 0.3 is 0 Å². The van der Waals surface area contributed by atoms with Crippen LogP contribution in [0, 0.1) is 0 Å². The van der Waals surface area contributed by atoms with Crippen molar-refractivity contribution in [3.8, 4) is 0 Å². The van der Waals surface area contributed by atoms with Gasteiger partial charge in [-0.3, -0.25) is 0 Å². The molecule has 0 aliphatic carbocycles. The van der Waals surface area contributed by atoms with Crippen molar-refractivity contribution in [2.75, 3.05) is 20.3 Å². The number of ether oxygens (including phenoxy) is 3. The molecule has 1 aromatic carbocycles. The molecule has 0 saturated heterocycles. The van der Waals surface area contributed by atoms with Gasteiger partial charge in [-0.1, -0.05) is 37.6 Å². The minimum Gasteiger partial charge on any atom is -0.501 e. The molecule has 0 radical (unpaired) electrons. The quantitative estimate of drug-likeness (QED) is 0.434. The molecule has 0 bridgehead atoms. The molecule has 0 N–H and O–H groups in total. The fourth-order valence-corrected chi connectivity index (χ4v) is 2.04. The van der Waals surface area contributed by atoms with Crippen molar-refractivity contribution in [2.24, 2.45) is 0 Å². The van der Waals surface area contributed by atoms with Crippen molar-refractivity contribution >= 4 is 11.1 Å². The molecule has 3 heteroatoms. The summed E-state index contributed by atoms with van der Waals surface area (Å²) in [6.07, 6.45) is 5.95. The smallest absolute Gasteiger partial charge is 0.118 e. The predicted molar refractivity (Wildman–Crippen MR) is 97.0 cm³/mol. The Kier molecular flexibility index (Phi) is 9.15. The van der Waals surface area contributed by atoms with Crippen molar-refractivity contribution in [3.05, 3.63) is 47.9 Å². The van der Waals surface area contributed by atoms with Crippen LogP contribution in [0.1, 0.15) is 51.7 Å². The van der Waals surface area contributed by atoms with Gasteiger partial charge in [-0.2, -0.15) is 0 Å². The van der Waals surface area contributed by atoms with Gasteiger partial charge in [0.15, 0.2) is 0 Å². The van der Waals surface area contributed by atoms with E-state index in [2.05, 4.69) is 38.1 Å². The zero-order valence-electron chi connectivity index (χ0n) is 15.1. The standard InChI is InChI=1S/C20H30O3/c1-6-7-12-22-13-16(2)19-8-10-20(11-9-19)17(3)14-23-18(4)15-21-5/h8-11,13-14,18H,6-7,12,15H2,1-5H3. The number of unbranched alkanes of at least 4 members (excludes halogenated alkanes) is 1. The van der Waals surface area contributed by atoms with Crippen LogP contribution < -0.4 is 0 Å². The van der Waals surface area contributed by atoms with Crippen molar-refractivity contribution in [1.82, 2.24) is 0 Å². The summed E-state index contributed by atoms with van der Waals surface area (Å²) in [7, 11) is 1.68. The molecule has 0 fully saturated rings. The zero-order valence-corrected chi connectivity index (χ0v) is 15.1. The fourth-order valence-electron chi connectivity index (χ4n) is 2.04. The highest BCUT2D eigenvalue weighted by Gasteiger charge is 2.02. The van der Waals surface area contributed by atoms with Crippen molar-refractivity contribution in [3.63, 3.8) is 0 Å². The highest BCUT2D eigenvalue weighted by Crippen LogP contribution is 2.19. The lowest BCUT2D eigenvalue weighted by Crippen LogP contribution is -2.11. The molecular formula is C20H30O3. The van der Waals surface area contributed by atoms with Gasteiger partial charge in [0.2, 0.25) is 0 Å². The molecule has 1 unspecified atom stereocenters. The van der Waals surface area contributed by atoms with Gasteiger partial charge < -0.3 is 14.2 Å². The van der Waals surface area contributed by atoms with E-state index in [1.807, 2.05) is 20.1 Å². The number of benzene rings is 1. The lowest BCUT2D eigenvalue weighted by atomic mass is 10.0. The summed E-state index contributed by atoms with van der Waals surface area (Å²) >= 11 is 0. The second-order valence-electron chi connectivity index (χ2n) is 5.81. The first-order chi connectivity index (χ1) is 11.1.